The molecular formula is C31H26F6O4. The van der Waals surface area contributed by atoms with Gasteiger partial charge in [-0.25, -0.2) is 17.6 Å². The highest BCUT2D eigenvalue weighted by atomic mass is 19.2. The second-order valence-electron chi connectivity index (χ2n) is 10.5. The zero-order chi connectivity index (χ0) is 29.4. The van der Waals surface area contributed by atoms with Gasteiger partial charge in [0, 0.05) is 16.7 Å². The molecule has 10 heteroatoms. The number of hydrogen-bond acceptors (Lipinski definition) is 4. The van der Waals surface area contributed by atoms with Crippen LogP contribution in [0.1, 0.15) is 62.0 Å². The number of aromatic hydroxyl groups is 2. The molecule has 3 aromatic rings. The molecule has 0 saturated heterocycles. The summed E-state index contributed by atoms with van der Waals surface area (Å²) in [6.07, 6.45) is 3.98. The van der Waals surface area contributed by atoms with Crippen LogP contribution in [0, 0.1) is 40.8 Å². The molecule has 2 aliphatic carbocycles. The monoisotopic (exact) mass is 576 g/mol. The van der Waals surface area contributed by atoms with Crippen molar-refractivity contribution < 1.29 is 46.1 Å². The van der Waals surface area contributed by atoms with Crippen LogP contribution in [0.25, 0.3) is 16.7 Å². The predicted octanol–water partition coefficient (Wildman–Crippen LogP) is 8.05. The highest BCUT2D eigenvalue weighted by Gasteiger charge is 2.31. The Hall–Kier alpha value is -3.95. The van der Waals surface area contributed by atoms with Gasteiger partial charge < -0.3 is 14.9 Å². The summed E-state index contributed by atoms with van der Waals surface area (Å²) in [6, 6.07) is 6.70. The van der Waals surface area contributed by atoms with Gasteiger partial charge in [-0.3, -0.25) is 4.79 Å². The van der Waals surface area contributed by atoms with Crippen LogP contribution >= 0.6 is 0 Å². The molecule has 2 N–H and O–H groups in total. The Kier molecular flexibility index (Phi) is 8.02. The van der Waals surface area contributed by atoms with Crippen LogP contribution in [0.2, 0.25) is 0 Å². The number of ether oxygens (including phenoxy) is 1. The van der Waals surface area contributed by atoms with E-state index in [-0.39, 0.29) is 36.0 Å². The first-order valence-corrected chi connectivity index (χ1v) is 13.3. The van der Waals surface area contributed by atoms with Crippen LogP contribution in [0.5, 0.6) is 11.5 Å². The van der Waals surface area contributed by atoms with E-state index in [1.54, 1.807) is 6.08 Å². The lowest BCUT2D eigenvalue weighted by atomic mass is 9.82. The molecule has 1 saturated carbocycles. The standard InChI is InChI=1S/C31H26F6O4/c32-25-19(9-10-21(27(25)34)22-12-14-24(39)30(37)28(22)35)15-1-3-17(4-2-15)31(40)41-18-7-5-16(6-8-18)20-11-13-23(38)29(36)26(20)33/h1,9-14,16-18,38-39H,2-8H2. The molecule has 41 heavy (non-hydrogen) atoms. The van der Waals surface area contributed by atoms with Crippen LogP contribution in [-0.4, -0.2) is 22.3 Å². The van der Waals surface area contributed by atoms with Gasteiger partial charge in [-0.1, -0.05) is 24.3 Å². The Labute approximate surface area is 231 Å². The third kappa shape index (κ3) is 5.52. The normalized spacial score (nSPS) is 20.9. The van der Waals surface area contributed by atoms with Gasteiger partial charge in [-0.2, -0.15) is 8.78 Å². The minimum atomic E-state index is -1.56. The molecule has 4 nitrogen and oxygen atoms in total. The average molecular weight is 577 g/mol. The number of carbonyl (C=O) groups is 1. The molecule has 0 aliphatic heterocycles. The summed E-state index contributed by atoms with van der Waals surface area (Å²) in [6.45, 7) is 0. The van der Waals surface area contributed by atoms with Crippen molar-refractivity contribution >= 4 is 11.5 Å². The van der Waals surface area contributed by atoms with Gasteiger partial charge in [0.05, 0.1) is 5.92 Å². The van der Waals surface area contributed by atoms with E-state index >= 15 is 0 Å². The highest BCUT2D eigenvalue weighted by Crippen LogP contribution is 2.39. The molecule has 0 amide bonds. The van der Waals surface area contributed by atoms with Crippen LogP contribution in [0.15, 0.2) is 42.5 Å². The van der Waals surface area contributed by atoms with Gasteiger partial charge in [-0.15, -0.1) is 0 Å². The molecule has 0 radical (unpaired) electrons. The molecule has 0 spiro atoms. The van der Waals surface area contributed by atoms with Crippen molar-refractivity contribution in [3.05, 3.63) is 88.5 Å². The van der Waals surface area contributed by atoms with Crippen molar-refractivity contribution in [1.82, 2.24) is 0 Å². The number of halogens is 6. The fourth-order valence-corrected chi connectivity index (χ4v) is 5.67. The van der Waals surface area contributed by atoms with E-state index < -0.39 is 69.4 Å². The second-order valence-corrected chi connectivity index (χ2v) is 10.5. The predicted molar refractivity (Wildman–Crippen MR) is 138 cm³/mol. The summed E-state index contributed by atoms with van der Waals surface area (Å²) in [7, 11) is 0. The molecule has 5 rings (SSSR count). The number of phenolic OH excluding ortho intramolecular Hbond substituents is 2. The van der Waals surface area contributed by atoms with E-state index in [9.17, 15) is 41.4 Å². The van der Waals surface area contributed by atoms with Gasteiger partial charge >= 0.3 is 5.97 Å². The molecule has 0 heterocycles. The van der Waals surface area contributed by atoms with Gasteiger partial charge in [0.15, 0.2) is 34.8 Å². The Morgan fingerprint density at radius 2 is 1.20 bits per heavy atom. The van der Waals surface area contributed by atoms with E-state index in [1.165, 1.54) is 12.1 Å². The van der Waals surface area contributed by atoms with E-state index in [0.29, 0.717) is 37.7 Å². The number of benzene rings is 3. The number of hydrogen-bond donors (Lipinski definition) is 2. The number of phenols is 2. The van der Waals surface area contributed by atoms with Crippen molar-refractivity contribution in [2.75, 3.05) is 0 Å². The molecule has 0 aromatic heterocycles. The summed E-state index contributed by atoms with van der Waals surface area (Å²) in [5.74, 6) is -10.8. The summed E-state index contributed by atoms with van der Waals surface area (Å²) in [5, 5.41) is 18.6. The maximum atomic E-state index is 15.0. The minimum Gasteiger partial charge on any atom is -0.505 e. The lowest BCUT2D eigenvalue weighted by Gasteiger charge is -2.30. The lowest BCUT2D eigenvalue weighted by Crippen LogP contribution is -2.28. The maximum Gasteiger partial charge on any atom is 0.309 e. The van der Waals surface area contributed by atoms with Crippen molar-refractivity contribution in [3.8, 4) is 22.6 Å². The maximum absolute atomic E-state index is 15.0. The SMILES string of the molecule is O=C(OC1CCC(c2ccc(O)c(F)c2F)CC1)C1CC=C(c2ccc(-c3ccc(O)c(F)c3F)c(F)c2F)CC1. The molecule has 3 aromatic carbocycles. The number of esters is 1. The van der Waals surface area contributed by atoms with Gasteiger partial charge in [0.1, 0.15) is 6.10 Å². The lowest BCUT2D eigenvalue weighted by molar-refractivity contribution is -0.156. The fraction of sp³-hybridized carbons (Fsp3) is 0.323. The van der Waals surface area contributed by atoms with E-state index in [4.69, 9.17) is 4.74 Å². The number of carbonyl (C=O) groups excluding carboxylic acids is 1. The zero-order valence-corrected chi connectivity index (χ0v) is 21.7. The van der Waals surface area contributed by atoms with Gasteiger partial charge in [-0.05, 0) is 80.2 Å². The first-order chi connectivity index (χ1) is 19.6. The summed E-state index contributed by atoms with van der Waals surface area (Å²) >= 11 is 0. The highest BCUT2D eigenvalue weighted by molar-refractivity contribution is 5.77. The quantitative estimate of drug-likeness (QED) is 0.238. The summed E-state index contributed by atoms with van der Waals surface area (Å²) in [5.41, 5.74) is -0.411. The Morgan fingerprint density at radius 1 is 0.659 bits per heavy atom. The Balaban J connectivity index is 1.20. The molecule has 216 valence electrons. The van der Waals surface area contributed by atoms with Crippen molar-refractivity contribution in [2.24, 2.45) is 5.92 Å². The number of allylic oxidation sites excluding steroid dienone is 2. The number of rotatable bonds is 5. The summed E-state index contributed by atoms with van der Waals surface area (Å²) in [4.78, 5) is 12.8. The van der Waals surface area contributed by atoms with Crippen molar-refractivity contribution in [1.29, 1.82) is 0 Å². The Morgan fingerprint density at radius 3 is 1.83 bits per heavy atom. The minimum absolute atomic E-state index is 0.0473. The molecular weight excluding hydrogens is 550 g/mol. The average Bonchev–Trinajstić information content (AvgIpc) is 2.97. The van der Waals surface area contributed by atoms with E-state index in [0.717, 1.165) is 24.3 Å². The summed E-state index contributed by atoms with van der Waals surface area (Å²) < 4.78 is 91.5. The van der Waals surface area contributed by atoms with Crippen LogP contribution in [-0.2, 0) is 9.53 Å². The molecule has 2 aliphatic rings. The van der Waals surface area contributed by atoms with Crippen LogP contribution in [0.3, 0.4) is 0 Å². The third-order valence-corrected chi connectivity index (χ3v) is 8.01. The second kappa shape index (κ2) is 11.5. The van der Waals surface area contributed by atoms with Crippen molar-refractivity contribution in [3.63, 3.8) is 0 Å². The third-order valence-electron chi connectivity index (χ3n) is 8.01. The zero-order valence-electron chi connectivity index (χ0n) is 21.7. The smallest absolute Gasteiger partial charge is 0.309 e. The molecule has 1 unspecified atom stereocenters. The topological polar surface area (TPSA) is 66.8 Å². The molecule has 1 atom stereocenters. The van der Waals surface area contributed by atoms with Gasteiger partial charge in [0.25, 0.3) is 0 Å². The largest absolute Gasteiger partial charge is 0.505 e. The fourth-order valence-electron chi connectivity index (χ4n) is 5.67. The van der Waals surface area contributed by atoms with E-state index in [2.05, 4.69) is 0 Å². The van der Waals surface area contributed by atoms with E-state index in [1.807, 2.05) is 0 Å². The van der Waals surface area contributed by atoms with Gasteiger partial charge in [0.2, 0.25) is 11.6 Å². The molecule has 1 fully saturated rings. The first kappa shape index (κ1) is 28.6. The van der Waals surface area contributed by atoms with Crippen LogP contribution < -0.4 is 0 Å². The molecule has 0 bridgehead atoms. The van der Waals surface area contributed by atoms with Crippen LogP contribution in [0.4, 0.5) is 26.3 Å². The Bertz CT molecular complexity index is 1530. The first-order valence-electron chi connectivity index (χ1n) is 13.3. The van der Waals surface area contributed by atoms with Crippen molar-refractivity contribution in [2.45, 2.75) is 57.0 Å².